The zero-order valence-electron chi connectivity index (χ0n) is 15.5. The summed E-state index contributed by atoms with van der Waals surface area (Å²) < 4.78 is 10.7. The number of likely N-dealkylation sites (N-methyl/N-ethyl adjacent to an activating group) is 1. The van der Waals surface area contributed by atoms with Gasteiger partial charge >= 0.3 is 0 Å². The van der Waals surface area contributed by atoms with Crippen LogP contribution in [0.3, 0.4) is 0 Å². The number of hydrogen-bond acceptors (Lipinski definition) is 3. The Morgan fingerprint density at radius 1 is 1.04 bits per heavy atom. The normalized spacial score (nSPS) is 10.8. The van der Waals surface area contributed by atoms with Crippen LogP contribution in [-0.4, -0.2) is 32.1 Å². The molecule has 0 unspecified atom stereocenters. The third-order valence-electron chi connectivity index (χ3n) is 4.22. The van der Waals surface area contributed by atoms with E-state index in [9.17, 15) is 4.79 Å². The van der Waals surface area contributed by atoms with Gasteiger partial charge in [-0.15, -0.1) is 0 Å². The average molecular weight is 339 g/mol. The minimum absolute atomic E-state index is 0.0440. The Kier molecular flexibility index (Phi) is 6.23. The van der Waals surface area contributed by atoms with Crippen LogP contribution in [0.5, 0.6) is 11.5 Å². The average Bonchev–Trinajstić information content (AvgIpc) is 2.61. The summed E-state index contributed by atoms with van der Waals surface area (Å²) in [5, 5.41) is 0. The summed E-state index contributed by atoms with van der Waals surface area (Å²) in [4.78, 5) is 14.1. The molecule has 2 aromatic rings. The third kappa shape index (κ3) is 4.63. The Balaban J connectivity index is 2.12. The second-order valence-electron chi connectivity index (χ2n) is 6.02. The van der Waals surface area contributed by atoms with Gasteiger partial charge < -0.3 is 14.4 Å². The first-order chi connectivity index (χ1) is 12.0. The van der Waals surface area contributed by atoms with Gasteiger partial charge in [0, 0.05) is 19.7 Å². The van der Waals surface area contributed by atoms with Gasteiger partial charge in [0.05, 0.1) is 14.2 Å². The lowest BCUT2D eigenvalue weighted by atomic mass is 10.1. The molecule has 0 aromatic heterocycles. The standard InChI is InChI=1S/C21H25NO3/c1-15-8-6-7-9-17(15)10-11-21(23)22(3)14-18-13-20(25-5)19(24-4)12-16(18)2/h6-13H,14H2,1-5H3/b11-10+. The Hall–Kier alpha value is -2.75. The molecular formula is C21H25NO3. The Bertz CT molecular complexity index is 781. The first kappa shape index (κ1) is 18.6. The molecule has 0 aliphatic carbocycles. The first-order valence-electron chi connectivity index (χ1n) is 8.16. The van der Waals surface area contributed by atoms with E-state index >= 15 is 0 Å². The van der Waals surface area contributed by atoms with Crippen molar-refractivity contribution in [2.45, 2.75) is 20.4 Å². The maximum atomic E-state index is 12.4. The molecule has 2 aromatic carbocycles. The second-order valence-corrected chi connectivity index (χ2v) is 6.02. The van der Waals surface area contributed by atoms with Crippen molar-refractivity contribution in [3.63, 3.8) is 0 Å². The van der Waals surface area contributed by atoms with E-state index in [1.54, 1.807) is 32.2 Å². The van der Waals surface area contributed by atoms with Crippen LogP contribution in [0.1, 0.15) is 22.3 Å². The van der Waals surface area contributed by atoms with Crippen LogP contribution < -0.4 is 9.47 Å². The van der Waals surface area contributed by atoms with E-state index in [1.165, 1.54) is 0 Å². The molecule has 0 atom stereocenters. The van der Waals surface area contributed by atoms with E-state index in [1.807, 2.05) is 56.3 Å². The predicted octanol–water partition coefficient (Wildman–Crippen LogP) is 3.99. The molecule has 0 bridgehead atoms. The van der Waals surface area contributed by atoms with Crippen LogP contribution >= 0.6 is 0 Å². The number of carbonyl (C=O) groups is 1. The van der Waals surface area contributed by atoms with E-state index in [-0.39, 0.29) is 5.91 Å². The van der Waals surface area contributed by atoms with Crippen molar-refractivity contribution in [3.8, 4) is 11.5 Å². The number of benzene rings is 2. The van der Waals surface area contributed by atoms with Gasteiger partial charge in [-0.2, -0.15) is 0 Å². The summed E-state index contributed by atoms with van der Waals surface area (Å²) in [6, 6.07) is 11.8. The fourth-order valence-corrected chi connectivity index (χ4v) is 2.59. The summed E-state index contributed by atoms with van der Waals surface area (Å²) in [6.45, 7) is 4.53. The number of ether oxygens (including phenoxy) is 2. The third-order valence-corrected chi connectivity index (χ3v) is 4.22. The molecule has 0 saturated heterocycles. The maximum absolute atomic E-state index is 12.4. The molecule has 0 saturated carbocycles. The van der Waals surface area contributed by atoms with Gasteiger partial charge in [0.15, 0.2) is 11.5 Å². The van der Waals surface area contributed by atoms with Crippen LogP contribution in [0.4, 0.5) is 0 Å². The van der Waals surface area contributed by atoms with Crippen LogP contribution in [0.15, 0.2) is 42.5 Å². The summed E-state index contributed by atoms with van der Waals surface area (Å²) in [5.74, 6) is 1.31. The number of amides is 1. The van der Waals surface area contributed by atoms with Crippen LogP contribution in [-0.2, 0) is 11.3 Å². The smallest absolute Gasteiger partial charge is 0.246 e. The van der Waals surface area contributed by atoms with Gasteiger partial charge in [0.1, 0.15) is 0 Å². The van der Waals surface area contributed by atoms with E-state index in [0.29, 0.717) is 18.0 Å². The quantitative estimate of drug-likeness (QED) is 0.747. The molecule has 1 amide bonds. The van der Waals surface area contributed by atoms with Crippen molar-refractivity contribution in [2.24, 2.45) is 0 Å². The van der Waals surface area contributed by atoms with Gasteiger partial charge in [-0.25, -0.2) is 0 Å². The van der Waals surface area contributed by atoms with Crippen molar-refractivity contribution in [3.05, 3.63) is 64.7 Å². The number of hydrogen-bond donors (Lipinski definition) is 0. The molecule has 0 aliphatic rings. The predicted molar refractivity (Wildman–Crippen MR) is 101 cm³/mol. The molecule has 2 rings (SSSR count). The number of nitrogens with zero attached hydrogens (tertiary/aromatic N) is 1. The summed E-state index contributed by atoms with van der Waals surface area (Å²) in [6.07, 6.45) is 3.47. The first-order valence-corrected chi connectivity index (χ1v) is 8.16. The molecule has 4 nitrogen and oxygen atoms in total. The molecule has 0 radical (unpaired) electrons. The highest BCUT2D eigenvalue weighted by Gasteiger charge is 2.12. The van der Waals surface area contributed by atoms with Crippen molar-refractivity contribution in [1.82, 2.24) is 4.90 Å². The Labute approximate surface area is 149 Å². The molecule has 0 aliphatic heterocycles. The van der Waals surface area contributed by atoms with E-state index in [2.05, 4.69) is 0 Å². The number of aryl methyl sites for hydroxylation is 2. The summed E-state index contributed by atoms with van der Waals surface area (Å²) in [5.41, 5.74) is 4.27. The van der Waals surface area contributed by atoms with Gasteiger partial charge in [-0.3, -0.25) is 4.79 Å². The molecule has 4 heteroatoms. The van der Waals surface area contributed by atoms with Gasteiger partial charge in [0.25, 0.3) is 0 Å². The fourth-order valence-electron chi connectivity index (χ4n) is 2.59. The highest BCUT2D eigenvalue weighted by Crippen LogP contribution is 2.30. The lowest BCUT2D eigenvalue weighted by Gasteiger charge is -2.18. The second kappa shape index (κ2) is 8.38. The summed E-state index contributed by atoms with van der Waals surface area (Å²) >= 11 is 0. The molecule has 25 heavy (non-hydrogen) atoms. The fraction of sp³-hybridized carbons (Fsp3) is 0.286. The molecule has 0 spiro atoms. The van der Waals surface area contributed by atoms with Gasteiger partial charge in [-0.05, 0) is 54.3 Å². The van der Waals surface area contributed by atoms with Crippen molar-refractivity contribution < 1.29 is 14.3 Å². The zero-order valence-corrected chi connectivity index (χ0v) is 15.5. The van der Waals surface area contributed by atoms with Crippen molar-refractivity contribution in [1.29, 1.82) is 0 Å². The number of rotatable bonds is 6. The molecule has 0 fully saturated rings. The molecule has 132 valence electrons. The largest absolute Gasteiger partial charge is 0.493 e. The highest BCUT2D eigenvalue weighted by molar-refractivity contribution is 5.91. The topological polar surface area (TPSA) is 38.8 Å². The number of methoxy groups -OCH3 is 2. The SMILES string of the molecule is COc1cc(C)c(CN(C)C(=O)/C=C/c2ccccc2C)cc1OC. The van der Waals surface area contributed by atoms with Crippen molar-refractivity contribution in [2.75, 3.05) is 21.3 Å². The Morgan fingerprint density at radius 2 is 1.68 bits per heavy atom. The highest BCUT2D eigenvalue weighted by atomic mass is 16.5. The van der Waals surface area contributed by atoms with Crippen LogP contribution in [0, 0.1) is 13.8 Å². The lowest BCUT2D eigenvalue weighted by molar-refractivity contribution is -0.125. The van der Waals surface area contributed by atoms with Crippen molar-refractivity contribution >= 4 is 12.0 Å². The molecular weight excluding hydrogens is 314 g/mol. The lowest BCUT2D eigenvalue weighted by Crippen LogP contribution is -2.24. The number of carbonyl (C=O) groups excluding carboxylic acids is 1. The minimum Gasteiger partial charge on any atom is -0.493 e. The van der Waals surface area contributed by atoms with E-state index in [0.717, 1.165) is 22.3 Å². The maximum Gasteiger partial charge on any atom is 0.246 e. The monoisotopic (exact) mass is 339 g/mol. The minimum atomic E-state index is -0.0440. The molecule has 0 heterocycles. The summed E-state index contributed by atoms with van der Waals surface area (Å²) in [7, 11) is 5.01. The van der Waals surface area contributed by atoms with Crippen LogP contribution in [0.25, 0.3) is 6.08 Å². The van der Waals surface area contributed by atoms with Gasteiger partial charge in [0.2, 0.25) is 5.91 Å². The van der Waals surface area contributed by atoms with Gasteiger partial charge in [-0.1, -0.05) is 24.3 Å². The zero-order chi connectivity index (χ0) is 18.4. The van der Waals surface area contributed by atoms with E-state index in [4.69, 9.17) is 9.47 Å². The Morgan fingerprint density at radius 3 is 2.32 bits per heavy atom. The van der Waals surface area contributed by atoms with E-state index < -0.39 is 0 Å². The molecule has 0 N–H and O–H groups in total. The van der Waals surface area contributed by atoms with Crippen LogP contribution in [0.2, 0.25) is 0 Å².